The van der Waals surface area contributed by atoms with Crippen LogP contribution in [0, 0.1) is 0 Å². The van der Waals surface area contributed by atoms with Gasteiger partial charge in [-0.1, -0.05) is 19.8 Å². The maximum absolute atomic E-state index is 6.20. The molecule has 1 aromatic heterocycles. The summed E-state index contributed by atoms with van der Waals surface area (Å²) in [6.45, 7) is 4.26. The number of fused-ring (bicyclic) bond motifs is 1. The summed E-state index contributed by atoms with van der Waals surface area (Å²) >= 11 is 0. The molecule has 0 spiro atoms. The Morgan fingerprint density at radius 1 is 1.26 bits per heavy atom. The minimum absolute atomic E-state index is 0.392. The van der Waals surface area contributed by atoms with Gasteiger partial charge in [-0.3, -0.25) is 5.10 Å². The van der Waals surface area contributed by atoms with Crippen molar-refractivity contribution in [1.29, 1.82) is 0 Å². The van der Waals surface area contributed by atoms with Gasteiger partial charge in [-0.2, -0.15) is 5.10 Å². The van der Waals surface area contributed by atoms with Crippen LogP contribution in [-0.4, -0.2) is 34.8 Å². The maximum Gasteiger partial charge on any atom is 0.120 e. The number of aromatic nitrogens is 2. The first kappa shape index (κ1) is 16.3. The third kappa shape index (κ3) is 4.25. The van der Waals surface area contributed by atoms with E-state index in [-0.39, 0.29) is 0 Å². The number of hydrogen-bond donors (Lipinski definition) is 1. The number of hydrogen-bond acceptors (Lipinski definition) is 3. The van der Waals surface area contributed by atoms with E-state index >= 15 is 0 Å². The van der Waals surface area contributed by atoms with Crippen molar-refractivity contribution >= 4 is 10.9 Å². The van der Waals surface area contributed by atoms with Gasteiger partial charge in [0.2, 0.25) is 0 Å². The van der Waals surface area contributed by atoms with Gasteiger partial charge >= 0.3 is 0 Å². The molecule has 1 saturated carbocycles. The van der Waals surface area contributed by atoms with Crippen LogP contribution >= 0.6 is 0 Å². The first-order valence-corrected chi connectivity index (χ1v) is 9.08. The largest absolute Gasteiger partial charge is 0.490 e. The maximum atomic E-state index is 6.20. The molecule has 0 unspecified atom stereocenters. The van der Waals surface area contributed by atoms with E-state index in [4.69, 9.17) is 4.74 Å². The van der Waals surface area contributed by atoms with Crippen LogP contribution in [0.2, 0.25) is 0 Å². The van der Waals surface area contributed by atoms with Gasteiger partial charge in [-0.15, -0.1) is 0 Å². The molecule has 1 N–H and O–H groups in total. The van der Waals surface area contributed by atoms with E-state index in [2.05, 4.69) is 47.3 Å². The predicted molar refractivity (Wildman–Crippen MR) is 94.8 cm³/mol. The lowest BCUT2D eigenvalue weighted by molar-refractivity contribution is 0.155. The highest BCUT2D eigenvalue weighted by Gasteiger charge is 2.16. The van der Waals surface area contributed by atoms with E-state index in [1.165, 1.54) is 56.0 Å². The quantitative estimate of drug-likeness (QED) is 0.817. The number of benzene rings is 1. The molecule has 0 radical (unpaired) electrons. The fraction of sp³-hybridized carbons (Fsp3) is 0.632. The lowest BCUT2D eigenvalue weighted by Gasteiger charge is -2.23. The van der Waals surface area contributed by atoms with Gasteiger partial charge in [0.05, 0.1) is 17.3 Å². The van der Waals surface area contributed by atoms with Gasteiger partial charge in [0.25, 0.3) is 0 Å². The summed E-state index contributed by atoms with van der Waals surface area (Å²) in [7, 11) is 2.17. The third-order valence-electron chi connectivity index (χ3n) is 4.78. The summed E-state index contributed by atoms with van der Waals surface area (Å²) in [5.74, 6) is 0.989. The van der Waals surface area contributed by atoms with Gasteiger partial charge < -0.3 is 9.64 Å². The Balaban J connectivity index is 1.71. The Kier molecular flexibility index (Phi) is 5.55. The molecule has 0 bridgehead atoms. The molecular formula is C19H29N3O. The normalized spacial score (nSPS) is 16.3. The van der Waals surface area contributed by atoms with Crippen molar-refractivity contribution in [3.63, 3.8) is 0 Å². The number of rotatable bonds is 7. The highest BCUT2D eigenvalue weighted by atomic mass is 16.5. The zero-order chi connectivity index (χ0) is 16.1. The fourth-order valence-corrected chi connectivity index (χ4v) is 3.39. The first-order chi connectivity index (χ1) is 11.3. The Morgan fingerprint density at radius 3 is 2.87 bits per heavy atom. The minimum Gasteiger partial charge on any atom is -0.490 e. The topological polar surface area (TPSA) is 41.2 Å². The SMILES string of the molecule is CCCCN(C)Cc1[nH]nc2ccc(OC3CCCCC3)cc12. The van der Waals surface area contributed by atoms with E-state index in [9.17, 15) is 0 Å². The second kappa shape index (κ2) is 7.82. The smallest absolute Gasteiger partial charge is 0.120 e. The number of ether oxygens (including phenoxy) is 1. The second-order valence-corrected chi connectivity index (χ2v) is 6.85. The minimum atomic E-state index is 0.392. The monoisotopic (exact) mass is 315 g/mol. The van der Waals surface area contributed by atoms with Crippen LogP contribution in [-0.2, 0) is 6.54 Å². The van der Waals surface area contributed by atoms with Crippen molar-refractivity contribution in [1.82, 2.24) is 15.1 Å². The van der Waals surface area contributed by atoms with Gasteiger partial charge in [-0.25, -0.2) is 0 Å². The molecule has 4 nitrogen and oxygen atoms in total. The molecule has 23 heavy (non-hydrogen) atoms. The molecule has 1 aliphatic carbocycles. The number of unbranched alkanes of at least 4 members (excludes halogenated alkanes) is 1. The van der Waals surface area contributed by atoms with Crippen molar-refractivity contribution in [2.24, 2.45) is 0 Å². The summed E-state index contributed by atoms with van der Waals surface area (Å²) < 4.78 is 6.20. The molecule has 1 heterocycles. The molecular weight excluding hydrogens is 286 g/mol. The Bertz CT molecular complexity index is 616. The van der Waals surface area contributed by atoms with E-state index in [1.54, 1.807) is 0 Å². The van der Waals surface area contributed by atoms with Gasteiger partial charge in [0.1, 0.15) is 5.75 Å². The molecule has 0 amide bonds. The Hall–Kier alpha value is -1.55. The molecule has 3 rings (SSSR count). The van der Waals surface area contributed by atoms with E-state index in [1.807, 2.05) is 0 Å². The summed E-state index contributed by atoms with van der Waals surface area (Å²) in [4.78, 5) is 2.35. The lowest BCUT2D eigenvalue weighted by Crippen LogP contribution is -2.20. The highest BCUT2D eigenvalue weighted by molar-refractivity contribution is 5.82. The third-order valence-corrected chi connectivity index (χ3v) is 4.78. The first-order valence-electron chi connectivity index (χ1n) is 9.08. The predicted octanol–water partition coefficient (Wildman–Crippen LogP) is 4.51. The zero-order valence-electron chi connectivity index (χ0n) is 14.5. The summed E-state index contributed by atoms with van der Waals surface area (Å²) in [6.07, 6.45) is 9.19. The number of H-pyrrole nitrogens is 1. The standard InChI is InChI=1S/C19H29N3O/c1-3-4-12-22(2)14-19-17-13-16(10-11-18(17)20-21-19)23-15-8-6-5-7-9-15/h10-11,13,15H,3-9,12,14H2,1-2H3,(H,20,21). The van der Waals surface area contributed by atoms with Crippen molar-refractivity contribution in [2.45, 2.75) is 64.5 Å². The van der Waals surface area contributed by atoms with Gasteiger partial charge in [-0.05, 0) is 63.9 Å². The van der Waals surface area contributed by atoms with Crippen molar-refractivity contribution in [3.05, 3.63) is 23.9 Å². The molecule has 0 saturated heterocycles. The molecule has 4 heteroatoms. The molecule has 1 aromatic carbocycles. The van der Waals surface area contributed by atoms with Crippen LogP contribution in [0.3, 0.4) is 0 Å². The Morgan fingerprint density at radius 2 is 2.09 bits per heavy atom. The average Bonchev–Trinajstić information content (AvgIpc) is 2.96. The average molecular weight is 315 g/mol. The van der Waals surface area contributed by atoms with Crippen LogP contribution in [0.4, 0.5) is 0 Å². The van der Waals surface area contributed by atoms with Crippen molar-refractivity contribution in [2.75, 3.05) is 13.6 Å². The van der Waals surface area contributed by atoms with Crippen LogP contribution in [0.1, 0.15) is 57.6 Å². The summed E-state index contributed by atoms with van der Waals surface area (Å²) in [6, 6.07) is 6.29. The fourth-order valence-electron chi connectivity index (χ4n) is 3.39. The van der Waals surface area contributed by atoms with Gasteiger partial charge in [0, 0.05) is 11.9 Å². The molecule has 0 aliphatic heterocycles. The zero-order valence-corrected chi connectivity index (χ0v) is 14.5. The van der Waals surface area contributed by atoms with Gasteiger partial charge in [0.15, 0.2) is 0 Å². The molecule has 1 aliphatic rings. The van der Waals surface area contributed by atoms with Crippen LogP contribution < -0.4 is 4.74 Å². The number of nitrogens with one attached hydrogen (secondary N) is 1. The van der Waals surface area contributed by atoms with Crippen LogP contribution in [0.25, 0.3) is 10.9 Å². The molecule has 0 atom stereocenters. The molecule has 1 fully saturated rings. The second-order valence-electron chi connectivity index (χ2n) is 6.85. The van der Waals surface area contributed by atoms with Crippen molar-refractivity contribution in [3.8, 4) is 5.75 Å². The van der Waals surface area contributed by atoms with Crippen LogP contribution in [0.15, 0.2) is 18.2 Å². The van der Waals surface area contributed by atoms with Crippen LogP contribution in [0.5, 0.6) is 5.75 Å². The van der Waals surface area contributed by atoms with E-state index < -0.39 is 0 Å². The number of nitrogens with zero attached hydrogens (tertiary/aromatic N) is 2. The van der Waals surface area contributed by atoms with Crippen molar-refractivity contribution < 1.29 is 4.74 Å². The number of aromatic amines is 1. The molecule has 126 valence electrons. The summed E-state index contributed by atoms with van der Waals surface area (Å²) in [5.41, 5.74) is 2.22. The molecule has 2 aromatic rings. The van der Waals surface area contributed by atoms with E-state index in [0.717, 1.165) is 24.4 Å². The van der Waals surface area contributed by atoms with E-state index in [0.29, 0.717) is 6.10 Å². The Labute approximate surface area is 139 Å². The lowest BCUT2D eigenvalue weighted by atomic mass is 9.98. The summed E-state index contributed by atoms with van der Waals surface area (Å²) in [5, 5.41) is 8.83. The highest BCUT2D eigenvalue weighted by Crippen LogP contribution is 2.27.